The van der Waals surface area contributed by atoms with Gasteiger partial charge in [0.2, 0.25) is 0 Å². The summed E-state index contributed by atoms with van der Waals surface area (Å²) in [5, 5.41) is 13.3. The molecule has 0 N–H and O–H groups in total. The molecule has 6 nitrogen and oxygen atoms in total. The minimum atomic E-state index is -0.876. The Morgan fingerprint density at radius 1 is 1.31 bits per heavy atom. The van der Waals surface area contributed by atoms with Crippen LogP contribution in [0.5, 0.6) is 0 Å². The monoisotopic (exact) mass is 412 g/mol. The van der Waals surface area contributed by atoms with Crippen molar-refractivity contribution in [2.45, 2.75) is 18.9 Å². The van der Waals surface area contributed by atoms with E-state index >= 15 is 0 Å². The first kappa shape index (κ1) is 23.7. The second-order valence-electron chi connectivity index (χ2n) is 5.22. The summed E-state index contributed by atoms with van der Waals surface area (Å²) >= 11 is 1.43. The lowest BCUT2D eigenvalue weighted by atomic mass is 10.2. The molecule has 0 saturated heterocycles. The summed E-state index contributed by atoms with van der Waals surface area (Å²) in [6.07, 6.45) is 19.1. The number of alkyl halides is 1. The van der Waals surface area contributed by atoms with E-state index in [2.05, 4.69) is 27.8 Å². The average Bonchev–Trinajstić information content (AvgIpc) is 2.77. The van der Waals surface area contributed by atoms with Crippen LogP contribution in [0.4, 0.5) is 4.39 Å². The lowest BCUT2D eigenvalue weighted by molar-refractivity contribution is -0.419. The van der Waals surface area contributed by atoms with E-state index in [0.717, 1.165) is 27.2 Å². The van der Waals surface area contributed by atoms with Gasteiger partial charge >= 0.3 is 0 Å². The number of nitrogens with zero attached hydrogens (tertiary/aromatic N) is 4. The quantitative estimate of drug-likeness (QED) is 0.174. The van der Waals surface area contributed by atoms with Gasteiger partial charge < -0.3 is 0 Å². The van der Waals surface area contributed by atoms with Gasteiger partial charge in [-0.3, -0.25) is 15.1 Å². The Kier molecular flexibility index (Phi) is 10.6. The number of aromatic nitrogens is 3. The SMILES string of the molecule is C#C.C/C=c1/nc(-c2cccnc2)nc(SC/C=C\C(=C/CF)[N+](=O)[O-])/c1=C/C. The molecule has 8 heteroatoms. The minimum absolute atomic E-state index is 0.262. The Bertz CT molecular complexity index is 1020. The van der Waals surface area contributed by atoms with Gasteiger partial charge in [-0.05, 0) is 26.0 Å². The predicted octanol–water partition coefficient (Wildman–Crippen LogP) is 3.17. The maximum atomic E-state index is 12.3. The maximum absolute atomic E-state index is 12.3. The van der Waals surface area contributed by atoms with E-state index in [1.54, 1.807) is 18.5 Å². The van der Waals surface area contributed by atoms with Crippen molar-refractivity contribution in [1.82, 2.24) is 15.0 Å². The topological polar surface area (TPSA) is 81.8 Å². The third-order valence-electron chi connectivity index (χ3n) is 3.52. The van der Waals surface area contributed by atoms with E-state index in [0.29, 0.717) is 11.6 Å². The summed E-state index contributed by atoms with van der Waals surface area (Å²) in [6.45, 7) is 2.94. The molecule has 0 bridgehead atoms. The van der Waals surface area contributed by atoms with Crippen molar-refractivity contribution >= 4 is 23.9 Å². The molecule has 0 aliphatic heterocycles. The van der Waals surface area contributed by atoms with E-state index in [1.807, 2.05) is 38.1 Å². The number of hydrogen-bond acceptors (Lipinski definition) is 6. The molecule has 2 aromatic rings. The molecule has 0 aliphatic rings. The highest BCUT2D eigenvalue weighted by molar-refractivity contribution is 7.99. The first-order valence-corrected chi connectivity index (χ1v) is 9.53. The Balaban J connectivity index is 0.00000204. The van der Waals surface area contributed by atoms with Crippen LogP contribution in [0.15, 0.2) is 53.5 Å². The Hall–Kier alpha value is -3.31. The fourth-order valence-electron chi connectivity index (χ4n) is 2.27. The zero-order valence-electron chi connectivity index (χ0n) is 16.2. The third kappa shape index (κ3) is 6.97. The molecule has 2 heterocycles. The fourth-order valence-corrected chi connectivity index (χ4v) is 3.15. The van der Waals surface area contributed by atoms with Gasteiger partial charge in [-0.25, -0.2) is 14.4 Å². The van der Waals surface area contributed by atoms with Crippen molar-refractivity contribution in [3.8, 4) is 24.2 Å². The van der Waals surface area contributed by atoms with Gasteiger partial charge in [-0.1, -0.05) is 18.2 Å². The number of rotatable bonds is 7. The molecule has 0 fully saturated rings. The molecule has 0 spiro atoms. The van der Waals surface area contributed by atoms with Crippen LogP contribution in [-0.2, 0) is 0 Å². The molecule has 0 aromatic carbocycles. The summed E-state index contributed by atoms with van der Waals surface area (Å²) in [7, 11) is 0. The Labute approximate surface area is 173 Å². The lowest BCUT2D eigenvalue weighted by Crippen LogP contribution is -2.31. The van der Waals surface area contributed by atoms with Crippen molar-refractivity contribution in [3.05, 3.63) is 69.1 Å². The third-order valence-corrected chi connectivity index (χ3v) is 4.47. The van der Waals surface area contributed by atoms with Crippen LogP contribution in [0.2, 0.25) is 0 Å². The molecular weight excluding hydrogens is 391 g/mol. The van der Waals surface area contributed by atoms with Crippen molar-refractivity contribution in [3.63, 3.8) is 0 Å². The van der Waals surface area contributed by atoms with E-state index in [4.69, 9.17) is 0 Å². The van der Waals surface area contributed by atoms with Gasteiger partial charge in [0, 0.05) is 41.1 Å². The normalized spacial score (nSPS) is 12.7. The van der Waals surface area contributed by atoms with Gasteiger partial charge in [0.05, 0.1) is 10.3 Å². The fraction of sp³-hybridized carbons (Fsp3) is 0.190. The van der Waals surface area contributed by atoms with Gasteiger partial charge in [0.25, 0.3) is 5.70 Å². The summed E-state index contributed by atoms with van der Waals surface area (Å²) in [5.74, 6) is 1.02. The van der Waals surface area contributed by atoms with Gasteiger partial charge in [0.1, 0.15) is 11.7 Å². The predicted molar refractivity (Wildman–Crippen MR) is 116 cm³/mol. The van der Waals surface area contributed by atoms with Crippen LogP contribution in [0.3, 0.4) is 0 Å². The van der Waals surface area contributed by atoms with Crippen LogP contribution in [0.25, 0.3) is 23.5 Å². The zero-order chi connectivity index (χ0) is 21.6. The van der Waals surface area contributed by atoms with E-state index in [1.165, 1.54) is 17.8 Å². The lowest BCUT2D eigenvalue weighted by Gasteiger charge is -2.05. The number of terminal acetylenes is 1. The van der Waals surface area contributed by atoms with Crippen molar-refractivity contribution in [1.29, 1.82) is 0 Å². The van der Waals surface area contributed by atoms with Crippen molar-refractivity contribution in [2.75, 3.05) is 12.4 Å². The maximum Gasteiger partial charge on any atom is 0.267 e. The van der Waals surface area contributed by atoms with Crippen molar-refractivity contribution < 1.29 is 9.31 Å². The summed E-state index contributed by atoms with van der Waals surface area (Å²) in [6, 6.07) is 3.70. The highest BCUT2D eigenvalue weighted by Crippen LogP contribution is 2.16. The molecule has 0 saturated carbocycles. The Morgan fingerprint density at radius 3 is 2.62 bits per heavy atom. The molecule has 29 heavy (non-hydrogen) atoms. The largest absolute Gasteiger partial charge is 0.267 e. The second kappa shape index (κ2) is 13.0. The molecule has 0 amide bonds. The number of nitro groups is 1. The molecular formula is C21H21FN4O2S. The van der Waals surface area contributed by atoms with Crippen LogP contribution in [0, 0.1) is 23.0 Å². The first-order valence-electron chi connectivity index (χ1n) is 8.55. The number of thioether (sulfide) groups is 1. The molecule has 0 radical (unpaired) electrons. The van der Waals surface area contributed by atoms with Crippen LogP contribution >= 0.6 is 11.8 Å². The molecule has 2 rings (SSSR count). The second-order valence-corrected chi connectivity index (χ2v) is 6.23. The molecule has 0 atom stereocenters. The van der Waals surface area contributed by atoms with E-state index < -0.39 is 11.6 Å². The standard InChI is InChI=1S/C19H19FN4O2S.C2H2/c1-3-16-17(4-2)22-18(14-7-5-11-21-13-14)23-19(16)27-12-6-8-15(9-10-20)24(25)26;1-2/h3-9,11,13H,10,12H2,1-2H3;1-2H/b8-6-,15-9+,16-3+,17-4+;. The first-order chi connectivity index (χ1) is 14.1. The number of hydrogen-bond donors (Lipinski definition) is 0. The average molecular weight is 412 g/mol. The van der Waals surface area contributed by atoms with Crippen LogP contribution < -0.4 is 10.6 Å². The highest BCUT2D eigenvalue weighted by atomic mass is 32.2. The molecule has 2 aromatic heterocycles. The van der Waals surface area contributed by atoms with Crippen LogP contribution in [0.1, 0.15) is 13.8 Å². The highest BCUT2D eigenvalue weighted by Gasteiger charge is 2.08. The van der Waals surface area contributed by atoms with E-state index in [-0.39, 0.29) is 5.70 Å². The summed E-state index contributed by atoms with van der Waals surface area (Å²) in [4.78, 5) is 23.5. The number of halogens is 1. The van der Waals surface area contributed by atoms with E-state index in [9.17, 15) is 14.5 Å². The minimum Gasteiger partial charge on any atom is -0.264 e. The van der Waals surface area contributed by atoms with Gasteiger partial charge in [0.15, 0.2) is 5.82 Å². The number of allylic oxidation sites excluding steroid dienone is 2. The van der Waals surface area contributed by atoms with Gasteiger partial charge in [-0.15, -0.1) is 24.6 Å². The summed E-state index contributed by atoms with van der Waals surface area (Å²) < 4.78 is 12.3. The molecule has 0 aliphatic carbocycles. The summed E-state index contributed by atoms with van der Waals surface area (Å²) in [5.41, 5.74) is 0.545. The molecule has 0 unspecified atom stereocenters. The van der Waals surface area contributed by atoms with Crippen molar-refractivity contribution in [2.24, 2.45) is 0 Å². The zero-order valence-corrected chi connectivity index (χ0v) is 17.0. The number of pyridine rings is 1. The van der Waals surface area contributed by atoms with Gasteiger partial charge in [-0.2, -0.15) is 0 Å². The smallest absolute Gasteiger partial charge is 0.264 e. The molecule has 150 valence electrons. The van der Waals surface area contributed by atoms with Crippen LogP contribution in [-0.4, -0.2) is 32.3 Å². The Morgan fingerprint density at radius 2 is 2.07 bits per heavy atom.